The van der Waals surface area contributed by atoms with Gasteiger partial charge >= 0.3 is 0 Å². The van der Waals surface area contributed by atoms with Crippen LogP contribution in [0.2, 0.25) is 0 Å². The Kier molecular flexibility index (Phi) is 4.11. The third-order valence-corrected chi connectivity index (χ3v) is 4.63. The molecule has 0 spiro atoms. The first-order valence-electron chi connectivity index (χ1n) is 7.37. The van der Waals surface area contributed by atoms with Crippen molar-refractivity contribution in [1.82, 2.24) is 5.32 Å². The lowest BCUT2D eigenvalue weighted by Gasteiger charge is -2.40. The van der Waals surface area contributed by atoms with Gasteiger partial charge < -0.3 is 5.32 Å². The van der Waals surface area contributed by atoms with Crippen molar-refractivity contribution in [2.45, 2.75) is 63.8 Å². The van der Waals surface area contributed by atoms with E-state index in [0.717, 1.165) is 0 Å². The van der Waals surface area contributed by atoms with Gasteiger partial charge in [0.2, 0.25) is 0 Å². The van der Waals surface area contributed by atoms with E-state index in [0.29, 0.717) is 17.4 Å². The molecule has 1 aliphatic rings. The average Bonchev–Trinajstić information content (AvgIpc) is 2.37. The van der Waals surface area contributed by atoms with E-state index in [1.807, 2.05) is 0 Å². The van der Waals surface area contributed by atoms with E-state index in [-0.39, 0.29) is 0 Å². The standard InChI is InChI=1S/C17H27N/c1-5-8-16(18-4)14-11-12-17(2,3)15-10-7-6-9-13(14)15/h6-7,9-10,14,16,18H,5,8,11-12H2,1-4H3. The summed E-state index contributed by atoms with van der Waals surface area (Å²) in [6.07, 6.45) is 5.15. The second-order valence-electron chi connectivity index (χ2n) is 6.30. The Hall–Kier alpha value is -0.820. The summed E-state index contributed by atoms with van der Waals surface area (Å²) in [6, 6.07) is 9.71. The molecule has 1 heteroatoms. The van der Waals surface area contributed by atoms with Crippen molar-refractivity contribution < 1.29 is 0 Å². The number of fused-ring (bicyclic) bond motifs is 1. The van der Waals surface area contributed by atoms with Crippen molar-refractivity contribution in [3.8, 4) is 0 Å². The van der Waals surface area contributed by atoms with E-state index in [9.17, 15) is 0 Å². The maximum absolute atomic E-state index is 3.54. The summed E-state index contributed by atoms with van der Waals surface area (Å²) < 4.78 is 0. The van der Waals surface area contributed by atoms with E-state index in [1.54, 1.807) is 11.1 Å². The van der Waals surface area contributed by atoms with Crippen molar-refractivity contribution in [1.29, 1.82) is 0 Å². The Morgan fingerprint density at radius 2 is 2.06 bits per heavy atom. The molecule has 0 aliphatic heterocycles. The summed E-state index contributed by atoms with van der Waals surface area (Å²) in [4.78, 5) is 0. The highest BCUT2D eigenvalue weighted by Gasteiger charge is 2.34. The number of benzene rings is 1. The second-order valence-corrected chi connectivity index (χ2v) is 6.30. The molecule has 0 saturated carbocycles. The molecule has 0 saturated heterocycles. The zero-order valence-corrected chi connectivity index (χ0v) is 12.3. The average molecular weight is 245 g/mol. The summed E-state index contributed by atoms with van der Waals surface area (Å²) in [5, 5.41) is 3.54. The van der Waals surface area contributed by atoms with Crippen LogP contribution in [0.5, 0.6) is 0 Å². The van der Waals surface area contributed by atoms with Crippen LogP contribution in [-0.2, 0) is 5.41 Å². The molecular weight excluding hydrogens is 218 g/mol. The van der Waals surface area contributed by atoms with Crippen molar-refractivity contribution in [2.24, 2.45) is 0 Å². The SMILES string of the molecule is CCCC(NC)C1CCC(C)(C)c2ccccc21. The zero-order valence-electron chi connectivity index (χ0n) is 12.3. The van der Waals surface area contributed by atoms with Crippen molar-refractivity contribution in [3.05, 3.63) is 35.4 Å². The van der Waals surface area contributed by atoms with Crippen LogP contribution in [-0.4, -0.2) is 13.1 Å². The molecule has 0 radical (unpaired) electrons. The number of nitrogens with one attached hydrogen (secondary N) is 1. The number of rotatable bonds is 4. The number of likely N-dealkylation sites (N-methyl/N-ethyl adjacent to an activating group) is 1. The topological polar surface area (TPSA) is 12.0 Å². The lowest BCUT2D eigenvalue weighted by Crippen LogP contribution is -2.37. The number of hydrogen-bond donors (Lipinski definition) is 1. The van der Waals surface area contributed by atoms with Gasteiger partial charge in [0.05, 0.1) is 0 Å². The summed E-state index contributed by atoms with van der Waals surface area (Å²) in [7, 11) is 2.11. The van der Waals surface area contributed by atoms with Crippen LogP contribution < -0.4 is 5.32 Å². The molecule has 2 unspecified atom stereocenters. The molecule has 0 heterocycles. The van der Waals surface area contributed by atoms with E-state index < -0.39 is 0 Å². The van der Waals surface area contributed by atoms with E-state index in [2.05, 4.69) is 57.4 Å². The molecule has 2 rings (SSSR count). The van der Waals surface area contributed by atoms with Crippen LogP contribution in [0.1, 0.15) is 63.5 Å². The van der Waals surface area contributed by atoms with Crippen molar-refractivity contribution in [2.75, 3.05) is 7.05 Å². The fourth-order valence-electron chi connectivity index (χ4n) is 3.52. The maximum atomic E-state index is 3.54. The van der Waals surface area contributed by atoms with E-state index in [4.69, 9.17) is 0 Å². The molecule has 1 nitrogen and oxygen atoms in total. The smallest absolute Gasteiger partial charge is 0.0133 e. The Morgan fingerprint density at radius 3 is 2.72 bits per heavy atom. The highest BCUT2D eigenvalue weighted by Crippen LogP contribution is 2.44. The lowest BCUT2D eigenvalue weighted by atomic mass is 9.66. The Labute approximate surface area is 112 Å². The second kappa shape index (κ2) is 5.44. The maximum Gasteiger partial charge on any atom is 0.0133 e. The zero-order chi connectivity index (χ0) is 13.2. The van der Waals surface area contributed by atoms with Gasteiger partial charge in [0.15, 0.2) is 0 Å². The minimum Gasteiger partial charge on any atom is -0.316 e. The molecule has 2 atom stereocenters. The molecule has 100 valence electrons. The summed E-state index contributed by atoms with van der Waals surface area (Å²) in [5.41, 5.74) is 3.50. The van der Waals surface area contributed by atoms with Gasteiger partial charge in [0.1, 0.15) is 0 Å². The molecule has 1 aliphatic carbocycles. The Balaban J connectivity index is 2.35. The summed E-state index contributed by atoms with van der Waals surface area (Å²) in [5.74, 6) is 0.694. The van der Waals surface area contributed by atoms with Crippen LogP contribution in [0.4, 0.5) is 0 Å². The third kappa shape index (κ3) is 2.47. The monoisotopic (exact) mass is 245 g/mol. The minimum atomic E-state index is 0.345. The van der Waals surface area contributed by atoms with Crippen molar-refractivity contribution in [3.63, 3.8) is 0 Å². The Morgan fingerprint density at radius 1 is 1.33 bits per heavy atom. The molecule has 0 amide bonds. The molecule has 18 heavy (non-hydrogen) atoms. The van der Waals surface area contributed by atoms with E-state index in [1.165, 1.54) is 25.7 Å². The molecule has 0 fully saturated rings. The van der Waals surface area contributed by atoms with Gasteiger partial charge in [-0.25, -0.2) is 0 Å². The van der Waals surface area contributed by atoms with Gasteiger partial charge in [-0.3, -0.25) is 0 Å². The first-order valence-corrected chi connectivity index (χ1v) is 7.37. The van der Waals surface area contributed by atoms with Crippen molar-refractivity contribution >= 4 is 0 Å². The predicted octanol–water partition coefficient (Wildman–Crippen LogP) is 4.23. The summed E-state index contributed by atoms with van der Waals surface area (Å²) in [6.45, 7) is 7.05. The van der Waals surface area contributed by atoms with Gasteiger partial charge in [-0.05, 0) is 48.8 Å². The molecule has 0 aromatic heterocycles. The fraction of sp³-hybridized carbons (Fsp3) is 0.647. The van der Waals surface area contributed by atoms with Gasteiger partial charge in [-0.15, -0.1) is 0 Å². The largest absolute Gasteiger partial charge is 0.316 e. The highest BCUT2D eigenvalue weighted by molar-refractivity contribution is 5.39. The molecule has 1 aromatic rings. The van der Waals surface area contributed by atoms with Gasteiger partial charge in [-0.2, -0.15) is 0 Å². The molecule has 1 N–H and O–H groups in total. The fourth-order valence-corrected chi connectivity index (χ4v) is 3.52. The highest BCUT2D eigenvalue weighted by atomic mass is 14.9. The first kappa shape index (κ1) is 13.6. The summed E-state index contributed by atoms with van der Waals surface area (Å²) >= 11 is 0. The first-order chi connectivity index (χ1) is 8.60. The normalized spacial score (nSPS) is 23.4. The minimum absolute atomic E-state index is 0.345. The van der Waals surface area contributed by atoms with Crippen LogP contribution in [0.3, 0.4) is 0 Å². The molecular formula is C17H27N. The number of hydrogen-bond acceptors (Lipinski definition) is 1. The molecule has 0 bridgehead atoms. The van der Waals surface area contributed by atoms with Crippen LogP contribution in [0, 0.1) is 0 Å². The van der Waals surface area contributed by atoms with Gasteiger partial charge in [-0.1, -0.05) is 51.5 Å². The third-order valence-electron chi connectivity index (χ3n) is 4.63. The quantitative estimate of drug-likeness (QED) is 0.837. The Bertz CT molecular complexity index is 394. The van der Waals surface area contributed by atoms with Crippen LogP contribution >= 0.6 is 0 Å². The molecule has 1 aromatic carbocycles. The van der Waals surface area contributed by atoms with E-state index >= 15 is 0 Å². The van der Waals surface area contributed by atoms with Gasteiger partial charge in [0, 0.05) is 6.04 Å². The van der Waals surface area contributed by atoms with Gasteiger partial charge in [0.25, 0.3) is 0 Å². The van der Waals surface area contributed by atoms with Crippen LogP contribution in [0.25, 0.3) is 0 Å². The predicted molar refractivity (Wildman–Crippen MR) is 79.2 cm³/mol. The van der Waals surface area contributed by atoms with Crippen LogP contribution in [0.15, 0.2) is 24.3 Å². The lowest BCUT2D eigenvalue weighted by molar-refractivity contribution is 0.331.